The Bertz CT molecular complexity index is 1110. The zero-order valence-corrected chi connectivity index (χ0v) is 17.2. The Morgan fingerprint density at radius 3 is 2.66 bits per heavy atom. The molecule has 2 aromatic rings. The van der Waals surface area contributed by atoms with Gasteiger partial charge < -0.3 is 10.1 Å². The third-order valence-corrected chi connectivity index (χ3v) is 4.98. The standard InChI is InChI=1S/C22H24N4O3/c1-6-24-21(28)25(5)20-19(26-12-8-7-9-17(26)27)18-14(2)15(13-23)10-11-16(18)29-22(20,3)4/h7-12H,6H2,1-5H3,(H,24,28). The number of hydrogen-bond acceptors (Lipinski definition) is 4. The van der Waals surface area contributed by atoms with Crippen LogP contribution in [0.5, 0.6) is 5.75 Å². The summed E-state index contributed by atoms with van der Waals surface area (Å²) in [4.78, 5) is 26.9. The highest BCUT2D eigenvalue weighted by Crippen LogP contribution is 2.44. The van der Waals surface area contributed by atoms with Crippen molar-refractivity contribution in [2.45, 2.75) is 33.3 Å². The van der Waals surface area contributed by atoms with Gasteiger partial charge in [-0.1, -0.05) is 6.07 Å². The number of carbonyl (C=O) groups excluding carboxylic acids is 1. The van der Waals surface area contributed by atoms with Crippen molar-refractivity contribution >= 4 is 11.7 Å². The minimum absolute atomic E-state index is 0.241. The summed E-state index contributed by atoms with van der Waals surface area (Å²) in [6, 6.07) is 10.2. The Morgan fingerprint density at radius 1 is 1.31 bits per heavy atom. The van der Waals surface area contributed by atoms with E-state index >= 15 is 0 Å². The van der Waals surface area contributed by atoms with E-state index in [4.69, 9.17) is 4.74 Å². The molecule has 0 radical (unpaired) electrons. The Morgan fingerprint density at radius 2 is 2.03 bits per heavy atom. The van der Waals surface area contributed by atoms with Gasteiger partial charge in [0.2, 0.25) is 0 Å². The quantitative estimate of drug-likeness (QED) is 0.870. The maximum Gasteiger partial charge on any atom is 0.321 e. The SMILES string of the molecule is CCNC(=O)N(C)C1=C(n2ccccc2=O)c2c(ccc(C#N)c2C)OC1(C)C. The number of pyridine rings is 1. The van der Waals surface area contributed by atoms with E-state index in [1.54, 1.807) is 37.5 Å². The second-order valence-corrected chi connectivity index (χ2v) is 7.34. The average molecular weight is 392 g/mol. The zero-order chi connectivity index (χ0) is 21.3. The molecule has 0 atom stereocenters. The van der Waals surface area contributed by atoms with Gasteiger partial charge in [0.15, 0.2) is 0 Å². The maximum atomic E-state index is 12.8. The van der Waals surface area contributed by atoms with Gasteiger partial charge in [0.05, 0.1) is 23.0 Å². The smallest absolute Gasteiger partial charge is 0.321 e. The predicted octanol–water partition coefficient (Wildman–Crippen LogP) is 3.08. The summed E-state index contributed by atoms with van der Waals surface area (Å²) in [5.74, 6) is 0.560. The predicted molar refractivity (Wildman–Crippen MR) is 110 cm³/mol. The highest BCUT2D eigenvalue weighted by molar-refractivity contribution is 5.85. The van der Waals surface area contributed by atoms with E-state index in [1.165, 1.54) is 15.5 Å². The van der Waals surface area contributed by atoms with Crippen molar-refractivity contribution in [3.05, 3.63) is 69.3 Å². The molecule has 3 rings (SSSR count). The molecule has 1 aliphatic heterocycles. The zero-order valence-electron chi connectivity index (χ0n) is 17.2. The Labute approximate surface area is 169 Å². The number of amides is 2. The summed E-state index contributed by atoms with van der Waals surface area (Å²) in [5, 5.41) is 12.3. The molecule has 1 aromatic heterocycles. The molecule has 0 fully saturated rings. The van der Waals surface area contributed by atoms with E-state index in [-0.39, 0.29) is 11.6 Å². The molecule has 0 spiro atoms. The Kier molecular flexibility index (Phi) is 5.21. The van der Waals surface area contributed by atoms with E-state index in [1.807, 2.05) is 27.7 Å². The lowest BCUT2D eigenvalue weighted by atomic mass is 9.89. The van der Waals surface area contributed by atoms with Crippen LogP contribution in [-0.4, -0.2) is 34.7 Å². The van der Waals surface area contributed by atoms with Crippen LogP contribution in [0.1, 0.15) is 37.5 Å². The monoisotopic (exact) mass is 392 g/mol. The summed E-state index contributed by atoms with van der Waals surface area (Å²) < 4.78 is 7.75. The van der Waals surface area contributed by atoms with Gasteiger partial charge in [0, 0.05) is 31.4 Å². The van der Waals surface area contributed by atoms with Crippen LogP contribution in [0.15, 0.2) is 47.0 Å². The van der Waals surface area contributed by atoms with Crippen LogP contribution in [0.2, 0.25) is 0 Å². The summed E-state index contributed by atoms with van der Waals surface area (Å²) in [6.07, 6.45) is 1.66. The lowest BCUT2D eigenvalue weighted by Crippen LogP contribution is -2.48. The van der Waals surface area contributed by atoms with Crippen LogP contribution >= 0.6 is 0 Å². The van der Waals surface area contributed by atoms with Crippen LogP contribution < -0.4 is 15.6 Å². The number of fused-ring (bicyclic) bond motifs is 1. The molecule has 1 aliphatic rings. The lowest BCUT2D eigenvalue weighted by molar-refractivity contribution is 0.113. The number of nitrogens with zero attached hydrogens (tertiary/aromatic N) is 3. The fraction of sp³-hybridized carbons (Fsp3) is 0.318. The largest absolute Gasteiger partial charge is 0.481 e. The van der Waals surface area contributed by atoms with Crippen LogP contribution in [0.25, 0.3) is 5.70 Å². The fourth-order valence-electron chi connectivity index (χ4n) is 3.69. The van der Waals surface area contributed by atoms with Gasteiger partial charge >= 0.3 is 6.03 Å². The number of carbonyl (C=O) groups is 1. The van der Waals surface area contributed by atoms with Crippen LogP contribution in [0.4, 0.5) is 4.79 Å². The Balaban J connectivity index is 2.46. The summed E-state index contributed by atoms with van der Waals surface area (Å²) in [7, 11) is 1.65. The van der Waals surface area contributed by atoms with Crippen molar-refractivity contribution in [3.8, 4) is 11.8 Å². The van der Waals surface area contributed by atoms with Crippen molar-refractivity contribution in [2.75, 3.05) is 13.6 Å². The third-order valence-electron chi connectivity index (χ3n) is 4.98. The molecule has 29 heavy (non-hydrogen) atoms. The molecule has 0 saturated carbocycles. The molecule has 7 nitrogen and oxygen atoms in total. The van der Waals surface area contributed by atoms with Gasteiger partial charge in [-0.15, -0.1) is 0 Å². The Hall–Kier alpha value is -3.53. The van der Waals surface area contributed by atoms with Gasteiger partial charge in [-0.25, -0.2) is 4.79 Å². The van der Waals surface area contributed by atoms with Crippen molar-refractivity contribution in [1.82, 2.24) is 14.8 Å². The fourth-order valence-corrected chi connectivity index (χ4v) is 3.69. The number of ether oxygens (including phenoxy) is 1. The number of hydrogen-bond donors (Lipinski definition) is 1. The van der Waals surface area contributed by atoms with Crippen LogP contribution in [0, 0.1) is 18.3 Å². The molecule has 0 saturated heterocycles. The first-order valence-corrected chi connectivity index (χ1v) is 9.40. The molecule has 0 unspecified atom stereocenters. The third kappa shape index (κ3) is 3.38. The van der Waals surface area contributed by atoms with Gasteiger partial charge in [-0.3, -0.25) is 14.3 Å². The molecular formula is C22H24N4O3. The van der Waals surface area contributed by atoms with Crippen LogP contribution in [-0.2, 0) is 0 Å². The van der Waals surface area contributed by atoms with Gasteiger partial charge in [0.1, 0.15) is 11.4 Å². The van der Waals surface area contributed by atoms with Crippen molar-refractivity contribution in [2.24, 2.45) is 0 Å². The minimum Gasteiger partial charge on any atom is -0.481 e. The van der Waals surface area contributed by atoms with E-state index in [0.717, 1.165) is 0 Å². The van der Waals surface area contributed by atoms with E-state index in [9.17, 15) is 14.9 Å². The first-order valence-electron chi connectivity index (χ1n) is 9.40. The van der Waals surface area contributed by atoms with Crippen molar-refractivity contribution in [3.63, 3.8) is 0 Å². The summed E-state index contributed by atoms with van der Waals surface area (Å²) in [5.41, 5.74) is 1.71. The van der Waals surface area contributed by atoms with E-state index in [0.29, 0.717) is 40.4 Å². The number of benzene rings is 1. The topological polar surface area (TPSA) is 87.4 Å². The van der Waals surface area contributed by atoms with E-state index in [2.05, 4.69) is 11.4 Å². The molecule has 1 N–H and O–H groups in total. The molecule has 0 bridgehead atoms. The number of nitrogens with one attached hydrogen (secondary N) is 1. The molecule has 150 valence electrons. The molecular weight excluding hydrogens is 368 g/mol. The number of nitriles is 1. The minimum atomic E-state index is -0.905. The first-order chi connectivity index (χ1) is 13.7. The van der Waals surface area contributed by atoms with Gasteiger partial charge in [0.25, 0.3) is 5.56 Å². The molecule has 2 amide bonds. The van der Waals surface area contributed by atoms with Crippen molar-refractivity contribution < 1.29 is 9.53 Å². The summed E-state index contributed by atoms with van der Waals surface area (Å²) in [6.45, 7) is 7.82. The van der Waals surface area contributed by atoms with E-state index < -0.39 is 5.60 Å². The van der Waals surface area contributed by atoms with Crippen molar-refractivity contribution in [1.29, 1.82) is 5.26 Å². The number of likely N-dealkylation sites (N-methyl/N-ethyl adjacent to an activating group) is 1. The first kappa shape index (κ1) is 20.2. The number of aromatic nitrogens is 1. The molecule has 0 aliphatic carbocycles. The maximum absolute atomic E-state index is 12.8. The molecule has 1 aromatic carbocycles. The van der Waals surface area contributed by atoms with Crippen LogP contribution in [0.3, 0.4) is 0 Å². The molecule has 7 heteroatoms. The lowest BCUT2D eigenvalue weighted by Gasteiger charge is -2.41. The average Bonchev–Trinajstić information content (AvgIpc) is 2.67. The highest BCUT2D eigenvalue weighted by atomic mass is 16.5. The second kappa shape index (κ2) is 7.47. The number of rotatable bonds is 3. The summed E-state index contributed by atoms with van der Waals surface area (Å²) >= 11 is 0. The molecule has 2 heterocycles. The second-order valence-electron chi connectivity index (χ2n) is 7.34. The van der Waals surface area contributed by atoms with Gasteiger partial charge in [-0.2, -0.15) is 5.26 Å². The van der Waals surface area contributed by atoms with Gasteiger partial charge in [-0.05, 0) is 51.5 Å². The highest BCUT2D eigenvalue weighted by Gasteiger charge is 2.41. The number of urea groups is 1. The normalized spacial score (nSPS) is 14.5.